The number of hydrogen-bond acceptors (Lipinski definition) is 5. The molecule has 0 aromatic heterocycles. The molecule has 0 spiro atoms. The van der Waals surface area contributed by atoms with Crippen LogP contribution in [0.25, 0.3) is 0 Å². The SMILES string of the molecule is CC.CC(CCC(O)C=O)N1Cc2c(N)cccc2C1=O.NC=O. The van der Waals surface area contributed by atoms with Crippen molar-refractivity contribution in [1.82, 2.24) is 4.90 Å². The minimum absolute atomic E-state index is 0.0320. The van der Waals surface area contributed by atoms with Crippen LogP contribution < -0.4 is 11.5 Å². The van der Waals surface area contributed by atoms with Crippen LogP contribution in [0.1, 0.15) is 49.5 Å². The number of fused-ring (bicyclic) bond motifs is 1. The molecule has 2 rings (SSSR count). The van der Waals surface area contributed by atoms with Crippen molar-refractivity contribution >= 4 is 24.3 Å². The van der Waals surface area contributed by atoms with Gasteiger partial charge in [-0.3, -0.25) is 9.59 Å². The Morgan fingerprint density at radius 2 is 1.88 bits per heavy atom. The molecule has 0 aliphatic carbocycles. The molecule has 1 aliphatic heterocycles. The molecule has 134 valence electrons. The van der Waals surface area contributed by atoms with Crippen molar-refractivity contribution in [3.8, 4) is 0 Å². The molecule has 7 nitrogen and oxygen atoms in total. The Kier molecular flexibility index (Phi) is 10.1. The third-order valence-electron chi connectivity index (χ3n) is 3.60. The average molecular weight is 337 g/mol. The zero-order valence-corrected chi connectivity index (χ0v) is 14.4. The number of aliphatic hydroxyl groups is 1. The summed E-state index contributed by atoms with van der Waals surface area (Å²) < 4.78 is 0. The number of aliphatic hydroxyl groups excluding tert-OH is 1. The van der Waals surface area contributed by atoms with Gasteiger partial charge in [-0.05, 0) is 31.9 Å². The lowest BCUT2D eigenvalue weighted by molar-refractivity contribution is -0.115. The van der Waals surface area contributed by atoms with Crippen LogP contribution in [0.5, 0.6) is 0 Å². The number of amides is 2. The van der Waals surface area contributed by atoms with Gasteiger partial charge < -0.3 is 26.3 Å². The predicted octanol–water partition coefficient (Wildman–Crippen LogP) is 1.08. The Labute approximate surface area is 142 Å². The highest BCUT2D eigenvalue weighted by molar-refractivity contribution is 6.00. The highest BCUT2D eigenvalue weighted by Crippen LogP contribution is 2.29. The molecule has 2 atom stereocenters. The third kappa shape index (κ3) is 5.66. The van der Waals surface area contributed by atoms with Crippen LogP contribution in [0.15, 0.2) is 18.2 Å². The number of nitrogen functional groups attached to an aromatic ring is 1. The van der Waals surface area contributed by atoms with E-state index in [0.717, 1.165) is 5.56 Å². The van der Waals surface area contributed by atoms with E-state index < -0.39 is 6.10 Å². The van der Waals surface area contributed by atoms with Crippen LogP contribution in [0.2, 0.25) is 0 Å². The van der Waals surface area contributed by atoms with Crippen LogP contribution in [0, 0.1) is 0 Å². The van der Waals surface area contributed by atoms with Crippen LogP contribution in [0.3, 0.4) is 0 Å². The molecular weight excluding hydrogens is 310 g/mol. The fourth-order valence-corrected chi connectivity index (χ4v) is 2.37. The minimum Gasteiger partial charge on any atom is -0.398 e. The van der Waals surface area contributed by atoms with E-state index in [1.54, 1.807) is 23.1 Å². The van der Waals surface area contributed by atoms with Gasteiger partial charge in [-0.2, -0.15) is 0 Å². The minimum atomic E-state index is -0.951. The Hall–Kier alpha value is -2.41. The number of nitrogens with two attached hydrogens (primary N) is 2. The monoisotopic (exact) mass is 337 g/mol. The van der Waals surface area contributed by atoms with Crippen molar-refractivity contribution in [2.75, 3.05) is 5.73 Å². The standard InChI is InChI=1S/C14H18N2O3.C2H6.CH3NO/c1-9(5-6-10(18)8-17)16-7-12-11(14(16)19)3-2-4-13(12)15;1-2;2-1-3/h2-4,8-10,18H,5-7,15H2,1H3;1-2H3;1H,(H2,2,3). The van der Waals surface area contributed by atoms with Gasteiger partial charge in [0.25, 0.3) is 5.91 Å². The number of rotatable bonds is 5. The Bertz CT molecular complexity index is 549. The molecule has 0 saturated carbocycles. The van der Waals surface area contributed by atoms with E-state index in [4.69, 9.17) is 10.5 Å². The van der Waals surface area contributed by atoms with Crippen LogP contribution >= 0.6 is 0 Å². The quantitative estimate of drug-likeness (QED) is 0.547. The summed E-state index contributed by atoms with van der Waals surface area (Å²) in [7, 11) is 0. The molecule has 7 heteroatoms. The van der Waals surface area contributed by atoms with Gasteiger partial charge in [0.2, 0.25) is 6.41 Å². The smallest absolute Gasteiger partial charge is 0.254 e. The second-order valence-corrected chi connectivity index (χ2v) is 5.07. The van der Waals surface area contributed by atoms with Crippen LogP contribution in [-0.4, -0.2) is 40.8 Å². The Morgan fingerprint density at radius 1 is 1.29 bits per heavy atom. The average Bonchev–Trinajstić information content (AvgIpc) is 2.93. The number of benzene rings is 1. The van der Waals surface area contributed by atoms with Crippen LogP contribution in [-0.2, 0) is 16.1 Å². The topological polar surface area (TPSA) is 127 Å². The molecule has 0 fully saturated rings. The molecule has 24 heavy (non-hydrogen) atoms. The first-order chi connectivity index (χ1) is 11.5. The molecule has 1 aliphatic rings. The van der Waals surface area contributed by atoms with Gasteiger partial charge in [0.05, 0.1) is 0 Å². The number of aldehydes is 1. The molecule has 0 saturated heterocycles. The number of carbonyl (C=O) groups excluding carboxylic acids is 3. The lowest BCUT2D eigenvalue weighted by atomic mass is 10.1. The van der Waals surface area contributed by atoms with Gasteiger partial charge >= 0.3 is 0 Å². The molecule has 0 bridgehead atoms. The molecule has 1 heterocycles. The number of primary amides is 1. The Balaban J connectivity index is 0.000000952. The second kappa shape index (κ2) is 11.2. The fraction of sp³-hybridized carbons (Fsp3) is 0.471. The van der Waals surface area contributed by atoms with E-state index in [9.17, 15) is 14.7 Å². The van der Waals surface area contributed by atoms with Crippen molar-refractivity contribution in [2.24, 2.45) is 5.73 Å². The molecule has 1 aromatic carbocycles. The molecular formula is C17H27N3O4. The summed E-state index contributed by atoms with van der Waals surface area (Å²) >= 11 is 0. The summed E-state index contributed by atoms with van der Waals surface area (Å²) in [5.74, 6) is -0.0320. The highest BCUT2D eigenvalue weighted by atomic mass is 16.3. The highest BCUT2D eigenvalue weighted by Gasteiger charge is 2.31. The van der Waals surface area contributed by atoms with Gasteiger partial charge in [-0.15, -0.1) is 0 Å². The number of hydrogen-bond donors (Lipinski definition) is 3. The van der Waals surface area contributed by atoms with Gasteiger partial charge in [0, 0.05) is 29.4 Å². The summed E-state index contributed by atoms with van der Waals surface area (Å²) in [5.41, 5.74) is 12.2. The zero-order valence-electron chi connectivity index (χ0n) is 14.4. The van der Waals surface area contributed by atoms with E-state index in [-0.39, 0.29) is 18.4 Å². The summed E-state index contributed by atoms with van der Waals surface area (Å²) in [6.45, 7) is 6.41. The zero-order chi connectivity index (χ0) is 18.7. The molecule has 5 N–H and O–H groups in total. The first-order valence-electron chi connectivity index (χ1n) is 7.93. The largest absolute Gasteiger partial charge is 0.398 e. The van der Waals surface area contributed by atoms with E-state index in [1.165, 1.54) is 0 Å². The molecule has 1 aromatic rings. The number of anilines is 1. The van der Waals surface area contributed by atoms with E-state index in [0.29, 0.717) is 36.9 Å². The van der Waals surface area contributed by atoms with Gasteiger partial charge in [-0.1, -0.05) is 19.9 Å². The van der Waals surface area contributed by atoms with Gasteiger partial charge in [-0.25, -0.2) is 0 Å². The first-order valence-corrected chi connectivity index (χ1v) is 7.93. The fourth-order valence-electron chi connectivity index (χ4n) is 2.37. The van der Waals surface area contributed by atoms with Crippen molar-refractivity contribution in [2.45, 2.75) is 52.3 Å². The van der Waals surface area contributed by atoms with Crippen LogP contribution in [0.4, 0.5) is 5.69 Å². The lowest BCUT2D eigenvalue weighted by Gasteiger charge is -2.24. The van der Waals surface area contributed by atoms with Gasteiger partial charge in [0.15, 0.2) is 0 Å². The van der Waals surface area contributed by atoms with Crippen molar-refractivity contribution < 1.29 is 19.5 Å². The van der Waals surface area contributed by atoms with Crippen molar-refractivity contribution in [3.63, 3.8) is 0 Å². The molecule has 2 unspecified atom stereocenters. The van der Waals surface area contributed by atoms with E-state index >= 15 is 0 Å². The maximum Gasteiger partial charge on any atom is 0.254 e. The number of nitrogens with zero attached hydrogens (tertiary/aromatic N) is 1. The van der Waals surface area contributed by atoms with Gasteiger partial charge in [0.1, 0.15) is 12.4 Å². The summed E-state index contributed by atoms with van der Waals surface area (Å²) in [6, 6.07) is 5.31. The van der Waals surface area contributed by atoms with E-state index in [2.05, 4.69) is 5.73 Å². The normalized spacial score (nSPS) is 14.3. The lowest BCUT2D eigenvalue weighted by Crippen LogP contribution is -2.34. The summed E-state index contributed by atoms with van der Waals surface area (Å²) in [4.78, 5) is 32.9. The molecule has 0 radical (unpaired) electrons. The van der Waals surface area contributed by atoms with Crippen molar-refractivity contribution in [3.05, 3.63) is 29.3 Å². The van der Waals surface area contributed by atoms with Crippen molar-refractivity contribution in [1.29, 1.82) is 0 Å². The third-order valence-corrected chi connectivity index (χ3v) is 3.60. The maximum absolute atomic E-state index is 12.2. The first kappa shape index (κ1) is 21.6. The molecule has 2 amide bonds. The number of carbonyl (C=O) groups is 3. The second-order valence-electron chi connectivity index (χ2n) is 5.07. The summed E-state index contributed by atoms with van der Waals surface area (Å²) in [5, 5.41) is 9.24. The maximum atomic E-state index is 12.2. The predicted molar refractivity (Wildman–Crippen MR) is 93.1 cm³/mol. The summed E-state index contributed by atoms with van der Waals surface area (Å²) in [6.07, 6.45) is 0.762. The van der Waals surface area contributed by atoms with E-state index in [1.807, 2.05) is 20.8 Å². The Morgan fingerprint density at radius 3 is 2.38 bits per heavy atom.